The van der Waals surface area contributed by atoms with Gasteiger partial charge in [-0.25, -0.2) is 9.97 Å². The molecule has 0 saturated heterocycles. The van der Waals surface area contributed by atoms with Crippen LogP contribution >= 0.6 is 0 Å². The lowest BCUT2D eigenvalue weighted by Crippen LogP contribution is -2.04. The van der Waals surface area contributed by atoms with Crippen LogP contribution in [-0.4, -0.2) is 19.7 Å². The van der Waals surface area contributed by atoms with Crippen LogP contribution < -0.4 is 5.73 Å². The smallest absolute Gasteiger partial charge is 0.164 e. The van der Waals surface area contributed by atoms with E-state index in [4.69, 9.17) is 5.73 Å². The highest BCUT2D eigenvalue weighted by molar-refractivity contribution is 5.57. The third-order valence-corrected chi connectivity index (χ3v) is 3.01. The van der Waals surface area contributed by atoms with Crippen LogP contribution in [0.25, 0.3) is 11.4 Å². The normalized spacial score (nSPS) is 11.2. The molecule has 0 aromatic carbocycles. The molecule has 0 unspecified atom stereocenters. The Labute approximate surface area is 107 Å². The summed E-state index contributed by atoms with van der Waals surface area (Å²) in [5, 5.41) is 4.30. The van der Waals surface area contributed by atoms with E-state index in [0.29, 0.717) is 17.7 Å². The topological polar surface area (TPSA) is 69.6 Å². The predicted octanol–water partition coefficient (Wildman–Crippen LogP) is 2.37. The van der Waals surface area contributed by atoms with E-state index in [1.54, 1.807) is 6.20 Å². The highest BCUT2D eigenvalue weighted by atomic mass is 15.3. The number of aryl methyl sites for hydroxylation is 1. The summed E-state index contributed by atoms with van der Waals surface area (Å²) in [7, 11) is 0. The second-order valence-electron chi connectivity index (χ2n) is 4.66. The summed E-state index contributed by atoms with van der Waals surface area (Å²) in [4.78, 5) is 8.89. The molecule has 0 amide bonds. The fraction of sp³-hybridized carbons (Fsp3) is 0.462. The van der Waals surface area contributed by atoms with Gasteiger partial charge in [0.2, 0.25) is 0 Å². The van der Waals surface area contributed by atoms with Crippen molar-refractivity contribution in [2.24, 2.45) is 0 Å². The Kier molecular flexibility index (Phi) is 3.32. The second kappa shape index (κ2) is 4.76. The third kappa shape index (κ3) is 2.20. The average Bonchev–Trinajstić information content (AvgIpc) is 2.82. The van der Waals surface area contributed by atoms with E-state index in [-0.39, 0.29) is 0 Å². The minimum atomic E-state index is 0.326. The molecular weight excluding hydrogens is 226 g/mol. The van der Waals surface area contributed by atoms with E-state index in [9.17, 15) is 0 Å². The molecule has 18 heavy (non-hydrogen) atoms. The first-order valence-electron chi connectivity index (χ1n) is 6.20. The van der Waals surface area contributed by atoms with Crippen LogP contribution in [0.15, 0.2) is 12.4 Å². The van der Waals surface area contributed by atoms with Gasteiger partial charge in [0.05, 0.1) is 11.8 Å². The average molecular weight is 245 g/mol. The zero-order valence-electron chi connectivity index (χ0n) is 11.3. The van der Waals surface area contributed by atoms with E-state index < -0.39 is 0 Å². The number of nitrogen functional groups attached to an aromatic ring is 1. The van der Waals surface area contributed by atoms with Crippen LogP contribution in [0.3, 0.4) is 0 Å². The Hall–Kier alpha value is -1.91. The van der Waals surface area contributed by atoms with Crippen molar-refractivity contribution in [3.63, 3.8) is 0 Å². The first-order valence-corrected chi connectivity index (χ1v) is 6.20. The van der Waals surface area contributed by atoms with Gasteiger partial charge >= 0.3 is 0 Å². The van der Waals surface area contributed by atoms with Gasteiger partial charge in [-0.2, -0.15) is 5.10 Å². The fourth-order valence-corrected chi connectivity index (χ4v) is 1.79. The summed E-state index contributed by atoms with van der Waals surface area (Å²) >= 11 is 0. The molecule has 0 fully saturated rings. The van der Waals surface area contributed by atoms with Crippen LogP contribution in [0.2, 0.25) is 0 Å². The molecule has 0 spiro atoms. The van der Waals surface area contributed by atoms with Crippen molar-refractivity contribution in [2.75, 3.05) is 5.73 Å². The number of aromatic nitrogens is 4. The Morgan fingerprint density at radius 1 is 1.33 bits per heavy atom. The van der Waals surface area contributed by atoms with Gasteiger partial charge in [-0.1, -0.05) is 6.92 Å². The number of hydrogen-bond donors (Lipinski definition) is 1. The molecule has 2 N–H and O–H groups in total. The van der Waals surface area contributed by atoms with Gasteiger partial charge in [-0.3, -0.25) is 4.68 Å². The van der Waals surface area contributed by atoms with E-state index in [1.807, 2.05) is 17.8 Å². The lowest BCUT2D eigenvalue weighted by molar-refractivity contribution is 0.532. The maximum absolute atomic E-state index is 5.92. The fourth-order valence-electron chi connectivity index (χ4n) is 1.79. The van der Waals surface area contributed by atoms with Crippen molar-refractivity contribution in [3.05, 3.63) is 23.7 Å². The molecule has 0 aliphatic rings. The number of nitrogens with zero attached hydrogens (tertiary/aromatic N) is 4. The summed E-state index contributed by atoms with van der Waals surface area (Å²) in [6.45, 7) is 8.18. The Morgan fingerprint density at radius 2 is 2.06 bits per heavy atom. The van der Waals surface area contributed by atoms with Crippen molar-refractivity contribution in [3.8, 4) is 11.4 Å². The van der Waals surface area contributed by atoms with Crippen LogP contribution in [0.1, 0.15) is 38.1 Å². The first kappa shape index (κ1) is 12.5. The van der Waals surface area contributed by atoms with Gasteiger partial charge in [0.1, 0.15) is 5.82 Å². The van der Waals surface area contributed by atoms with Crippen molar-refractivity contribution >= 4 is 5.82 Å². The molecule has 0 aliphatic carbocycles. The Bertz CT molecular complexity index is 557. The van der Waals surface area contributed by atoms with Crippen LogP contribution in [0.4, 0.5) is 5.82 Å². The molecule has 2 aromatic heterocycles. The minimum Gasteiger partial charge on any atom is -0.383 e. The standard InChI is InChI=1S/C13H19N5/c1-5-11-9(4)12(14)17-13(16-11)10-6-15-18(7-10)8(2)3/h6-8H,5H2,1-4H3,(H2,14,16,17). The van der Waals surface area contributed by atoms with Gasteiger partial charge < -0.3 is 5.73 Å². The molecule has 0 bridgehead atoms. The lowest BCUT2D eigenvalue weighted by atomic mass is 10.2. The van der Waals surface area contributed by atoms with Gasteiger partial charge in [-0.05, 0) is 27.2 Å². The third-order valence-electron chi connectivity index (χ3n) is 3.01. The summed E-state index contributed by atoms with van der Waals surface area (Å²) < 4.78 is 1.89. The maximum Gasteiger partial charge on any atom is 0.164 e. The molecule has 0 atom stereocenters. The van der Waals surface area contributed by atoms with Gasteiger partial charge in [0.15, 0.2) is 5.82 Å². The molecule has 0 saturated carbocycles. The SMILES string of the molecule is CCc1nc(-c2cnn(C(C)C)c2)nc(N)c1C. The zero-order valence-corrected chi connectivity index (χ0v) is 11.3. The lowest BCUT2D eigenvalue weighted by Gasteiger charge is -2.07. The van der Waals surface area contributed by atoms with E-state index in [2.05, 4.69) is 35.8 Å². The number of hydrogen-bond acceptors (Lipinski definition) is 4. The Balaban J connectivity index is 2.47. The highest BCUT2D eigenvalue weighted by Crippen LogP contribution is 2.21. The van der Waals surface area contributed by atoms with Crippen LogP contribution in [-0.2, 0) is 6.42 Å². The molecule has 0 aliphatic heterocycles. The first-order chi connectivity index (χ1) is 8.52. The Morgan fingerprint density at radius 3 is 2.61 bits per heavy atom. The summed E-state index contributed by atoms with van der Waals surface area (Å²) in [6.07, 6.45) is 4.58. The van der Waals surface area contributed by atoms with Crippen molar-refractivity contribution < 1.29 is 0 Å². The van der Waals surface area contributed by atoms with Crippen LogP contribution in [0.5, 0.6) is 0 Å². The molecule has 2 heterocycles. The number of nitrogens with two attached hydrogens (primary N) is 1. The van der Waals surface area contributed by atoms with Crippen LogP contribution in [0, 0.1) is 6.92 Å². The quantitative estimate of drug-likeness (QED) is 0.901. The molecule has 0 radical (unpaired) electrons. The van der Waals surface area contributed by atoms with E-state index in [1.165, 1.54) is 0 Å². The number of rotatable bonds is 3. The second-order valence-corrected chi connectivity index (χ2v) is 4.66. The van der Waals surface area contributed by atoms with Gasteiger partial charge in [0, 0.05) is 23.5 Å². The predicted molar refractivity (Wildman–Crippen MR) is 72.2 cm³/mol. The van der Waals surface area contributed by atoms with Crippen molar-refractivity contribution in [2.45, 2.75) is 40.2 Å². The van der Waals surface area contributed by atoms with Crippen molar-refractivity contribution in [1.82, 2.24) is 19.7 Å². The minimum absolute atomic E-state index is 0.326. The molecule has 96 valence electrons. The summed E-state index contributed by atoms with van der Waals surface area (Å²) in [5.41, 5.74) is 8.80. The molecule has 5 nitrogen and oxygen atoms in total. The summed E-state index contributed by atoms with van der Waals surface area (Å²) in [6, 6.07) is 0.326. The van der Waals surface area contributed by atoms with Gasteiger partial charge in [0.25, 0.3) is 0 Å². The molecular formula is C13H19N5. The van der Waals surface area contributed by atoms with Crippen molar-refractivity contribution in [1.29, 1.82) is 0 Å². The zero-order chi connectivity index (χ0) is 13.3. The van der Waals surface area contributed by atoms with E-state index in [0.717, 1.165) is 23.2 Å². The highest BCUT2D eigenvalue weighted by Gasteiger charge is 2.11. The van der Waals surface area contributed by atoms with Gasteiger partial charge in [-0.15, -0.1) is 0 Å². The number of anilines is 1. The largest absolute Gasteiger partial charge is 0.383 e. The molecule has 5 heteroatoms. The summed E-state index contributed by atoms with van der Waals surface area (Å²) in [5.74, 6) is 1.20. The molecule has 2 rings (SSSR count). The maximum atomic E-state index is 5.92. The van der Waals surface area contributed by atoms with E-state index >= 15 is 0 Å². The molecule has 2 aromatic rings. The monoisotopic (exact) mass is 245 g/mol.